The van der Waals surface area contributed by atoms with Crippen molar-refractivity contribution in [2.24, 2.45) is 29.6 Å². The molecule has 0 spiro atoms. The smallest absolute Gasteiger partial charge is 0.0897 e. The lowest BCUT2D eigenvalue weighted by molar-refractivity contribution is 0.109. The van der Waals surface area contributed by atoms with Crippen LogP contribution in [0.1, 0.15) is 114 Å². The third-order valence-corrected chi connectivity index (χ3v) is 9.44. The number of rotatable bonds is 7. The lowest BCUT2D eigenvalue weighted by atomic mass is 9.64. The highest BCUT2D eigenvalue weighted by Crippen LogP contribution is 2.47. The number of halogens is 1. The molecule has 30 heavy (non-hydrogen) atoms. The number of hydrogen-bond acceptors (Lipinski definition) is 0. The van der Waals surface area contributed by atoms with Crippen molar-refractivity contribution in [1.29, 1.82) is 0 Å². The number of alkyl halides is 1. The van der Waals surface area contributed by atoms with Crippen molar-refractivity contribution in [2.45, 2.75) is 109 Å². The summed E-state index contributed by atoms with van der Waals surface area (Å²) in [6.45, 7) is 2.18. The molecule has 0 N–H and O–H groups in total. The second-order valence-electron chi connectivity index (χ2n) is 11.0. The molecule has 3 fully saturated rings. The normalized spacial score (nSPS) is 35.3. The quantitative estimate of drug-likeness (QED) is 0.419. The van der Waals surface area contributed by atoms with Gasteiger partial charge in [0.05, 0.1) is 6.67 Å². The van der Waals surface area contributed by atoms with Crippen molar-refractivity contribution in [3.05, 3.63) is 35.4 Å². The zero-order chi connectivity index (χ0) is 20.8. The Kier molecular flexibility index (Phi) is 8.30. The van der Waals surface area contributed by atoms with Crippen LogP contribution in [0.5, 0.6) is 0 Å². The molecule has 0 nitrogen and oxygen atoms in total. The predicted octanol–water partition coefficient (Wildman–Crippen LogP) is 8.89. The number of benzene rings is 1. The molecule has 168 valence electrons. The lowest BCUT2D eigenvalue weighted by Gasteiger charge is -2.41. The Balaban J connectivity index is 1.19. The van der Waals surface area contributed by atoms with Gasteiger partial charge < -0.3 is 0 Å². The van der Waals surface area contributed by atoms with E-state index in [1.54, 1.807) is 0 Å². The van der Waals surface area contributed by atoms with E-state index < -0.39 is 0 Å². The second-order valence-corrected chi connectivity index (χ2v) is 11.0. The molecule has 0 amide bonds. The maximum absolute atomic E-state index is 12.4. The first-order valence-corrected chi connectivity index (χ1v) is 13.4. The summed E-state index contributed by atoms with van der Waals surface area (Å²) in [5.41, 5.74) is 2.83. The van der Waals surface area contributed by atoms with Gasteiger partial charge in [-0.05, 0) is 124 Å². The molecule has 0 aromatic heterocycles. The van der Waals surface area contributed by atoms with Gasteiger partial charge in [-0.2, -0.15) is 0 Å². The number of hydrogen-bond donors (Lipinski definition) is 0. The van der Waals surface area contributed by atoms with Crippen molar-refractivity contribution in [3.8, 4) is 0 Å². The average Bonchev–Trinajstić information content (AvgIpc) is 2.83. The van der Waals surface area contributed by atoms with Crippen LogP contribution in [0.3, 0.4) is 0 Å². The molecular formula is C29H45F. The zero-order valence-corrected chi connectivity index (χ0v) is 19.5. The summed E-state index contributed by atoms with van der Waals surface area (Å²) in [5, 5.41) is 0. The van der Waals surface area contributed by atoms with Gasteiger partial charge >= 0.3 is 0 Å². The molecule has 0 heterocycles. The summed E-state index contributed by atoms with van der Waals surface area (Å²) in [6.07, 6.45) is 20.8. The van der Waals surface area contributed by atoms with E-state index in [0.29, 0.717) is 6.42 Å². The van der Waals surface area contributed by atoms with E-state index in [1.165, 1.54) is 94.6 Å². The van der Waals surface area contributed by atoms with Crippen molar-refractivity contribution in [3.63, 3.8) is 0 Å². The van der Waals surface area contributed by atoms with Gasteiger partial charge in [-0.15, -0.1) is 0 Å². The topological polar surface area (TPSA) is 0 Å². The van der Waals surface area contributed by atoms with Crippen LogP contribution >= 0.6 is 0 Å². The van der Waals surface area contributed by atoms with Gasteiger partial charge in [0.1, 0.15) is 0 Å². The minimum absolute atomic E-state index is 0.201. The van der Waals surface area contributed by atoms with Crippen LogP contribution in [0.15, 0.2) is 24.3 Å². The van der Waals surface area contributed by atoms with Gasteiger partial charge in [0.25, 0.3) is 0 Å². The molecule has 3 saturated carbocycles. The highest BCUT2D eigenvalue weighted by Gasteiger charge is 2.34. The van der Waals surface area contributed by atoms with Crippen molar-refractivity contribution < 1.29 is 4.39 Å². The predicted molar refractivity (Wildman–Crippen MR) is 127 cm³/mol. The Hall–Kier alpha value is -0.850. The van der Waals surface area contributed by atoms with Crippen molar-refractivity contribution in [2.75, 3.05) is 6.67 Å². The molecule has 0 aliphatic heterocycles. The number of aryl methyl sites for hydroxylation is 1. The van der Waals surface area contributed by atoms with E-state index in [4.69, 9.17) is 0 Å². The Morgan fingerprint density at radius 3 is 1.60 bits per heavy atom. The third kappa shape index (κ3) is 5.68. The highest BCUT2D eigenvalue weighted by atomic mass is 19.1. The first kappa shape index (κ1) is 22.3. The molecule has 0 bridgehead atoms. The molecule has 0 atom stereocenters. The summed E-state index contributed by atoms with van der Waals surface area (Å²) < 4.78 is 12.4. The monoisotopic (exact) mass is 412 g/mol. The summed E-state index contributed by atoms with van der Waals surface area (Å²) in [5.74, 6) is 5.96. The van der Waals surface area contributed by atoms with Gasteiger partial charge in [0.2, 0.25) is 0 Å². The zero-order valence-electron chi connectivity index (χ0n) is 19.5. The molecule has 0 unspecified atom stereocenters. The molecule has 1 aromatic carbocycles. The third-order valence-electron chi connectivity index (χ3n) is 9.44. The van der Waals surface area contributed by atoms with Crippen molar-refractivity contribution in [1.82, 2.24) is 0 Å². The fourth-order valence-electron chi connectivity index (χ4n) is 7.31. The first-order chi connectivity index (χ1) is 14.8. The summed E-state index contributed by atoms with van der Waals surface area (Å²) >= 11 is 0. The molecule has 3 aliphatic rings. The SMILES string of the molecule is CC[C@H]1CC[C@H]([C@H]2CC[C@H]([C@H]3CC[C@H](c4ccc(CCCF)cc4)CC3)CC2)CC1. The molecule has 1 aromatic rings. The summed E-state index contributed by atoms with van der Waals surface area (Å²) in [7, 11) is 0. The molecule has 0 radical (unpaired) electrons. The van der Waals surface area contributed by atoms with E-state index >= 15 is 0 Å². The van der Waals surface area contributed by atoms with Gasteiger partial charge in [0.15, 0.2) is 0 Å². The van der Waals surface area contributed by atoms with E-state index in [0.717, 1.165) is 41.9 Å². The Bertz CT molecular complexity index is 596. The summed E-state index contributed by atoms with van der Waals surface area (Å²) in [4.78, 5) is 0. The van der Waals surface area contributed by atoms with Crippen LogP contribution in [-0.4, -0.2) is 6.67 Å². The molecular weight excluding hydrogens is 367 g/mol. The van der Waals surface area contributed by atoms with Gasteiger partial charge in [-0.3, -0.25) is 4.39 Å². The standard InChI is InChI=1S/C29H45F/c1-2-22-5-9-24(10-6-22)26-13-17-28(18-14-26)29-19-15-27(16-20-29)25-11-7-23(8-12-25)4-3-21-30/h7-8,11-12,22,24,26-29H,2-6,9-10,13-21H2,1H3/t22-,24-,26-,27-,28-,29-. The van der Waals surface area contributed by atoms with E-state index in [-0.39, 0.29) is 6.67 Å². The Morgan fingerprint density at radius 2 is 1.13 bits per heavy atom. The van der Waals surface area contributed by atoms with Crippen molar-refractivity contribution >= 4 is 0 Å². The molecule has 0 saturated heterocycles. The maximum Gasteiger partial charge on any atom is 0.0897 e. The largest absolute Gasteiger partial charge is 0.251 e. The maximum atomic E-state index is 12.4. The van der Waals surface area contributed by atoms with E-state index in [1.807, 2.05) is 0 Å². The van der Waals surface area contributed by atoms with Crippen LogP contribution in [0.25, 0.3) is 0 Å². The van der Waals surface area contributed by atoms with Gasteiger partial charge in [0, 0.05) is 0 Å². The highest BCUT2D eigenvalue weighted by molar-refractivity contribution is 5.26. The molecule has 3 aliphatic carbocycles. The van der Waals surface area contributed by atoms with Crippen LogP contribution in [0.4, 0.5) is 4.39 Å². The lowest BCUT2D eigenvalue weighted by Crippen LogP contribution is -2.29. The minimum atomic E-state index is -0.201. The average molecular weight is 413 g/mol. The Morgan fingerprint density at radius 1 is 0.667 bits per heavy atom. The van der Waals surface area contributed by atoms with Crippen LogP contribution in [0, 0.1) is 29.6 Å². The van der Waals surface area contributed by atoms with E-state index in [9.17, 15) is 4.39 Å². The fourth-order valence-corrected chi connectivity index (χ4v) is 7.31. The van der Waals surface area contributed by atoms with Gasteiger partial charge in [-0.25, -0.2) is 0 Å². The van der Waals surface area contributed by atoms with Crippen LogP contribution in [-0.2, 0) is 6.42 Å². The fraction of sp³-hybridized carbons (Fsp3) is 0.793. The Labute approximate surface area is 185 Å². The first-order valence-electron chi connectivity index (χ1n) is 13.4. The van der Waals surface area contributed by atoms with E-state index in [2.05, 4.69) is 31.2 Å². The minimum Gasteiger partial charge on any atom is -0.251 e. The second kappa shape index (κ2) is 11.1. The van der Waals surface area contributed by atoms with Crippen LogP contribution < -0.4 is 0 Å². The molecule has 4 rings (SSSR count). The van der Waals surface area contributed by atoms with Gasteiger partial charge in [-0.1, -0.05) is 50.5 Å². The molecule has 1 heteroatoms. The van der Waals surface area contributed by atoms with Crippen LogP contribution in [0.2, 0.25) is 0 Å². The summed E-state index contributed by atoms with van der Waals surface area (Å²) in [6, 6.07) is 9.15.